The maximum absolute atomic E-state index is 12.1. The van der Waals surface area contributed by atoms with Gasteiger partial charge in [-0.1, -0.05) is 18.2 Å². The normalized spacial score (nSPS) is 19.2. The molecule has 1 aliphatic rings. The van der Waals surface area contributed by atoms with E-state index in [0.29, 0.717) is 13.1 Å². The van der Waals surface area contributed by atoms with Gasteiger partial charge in [-0.2, -0.15) is 0 Å². The quantitative estimate of drug-likeness (QED) is 0.766. The summed E-state index contributed by atoms with van der Waals surface area (Å²) in [6, 6.07) is 9.71. The second-order valence-electron chi connectivity index (χ2n) is 4.76. The third-order valence-electron chi connectivity index (χ3n) is 3.28. The van der Waals surface area contributed by atoms with Crippen LogP contribution in [-0.4, -0.2) is 48.3 Å². The first-order chi connectivity index (χ1) is 9.29. The molecule has 1 aromatic rings. The molecule has 104 valence electrons. The monoisotopic (exact) mass is 263 g/mol. The van der Waals surface area contributed by atoms with Gasteiger partial charge in [0.15, 0.2) is 0 Å². The minimum atomic E-state index is -0.0540. The topological polar surface area (TPSA) is 64.6 Å². The molecule has 5 nitrogen and oxygen atoms in total. The molecule has 0 aromatic heterocycles. The lowest BCUT2D eigenvalue weighted by atomic mass is 10.1. The average molecular weight is 263 g/mol. The van der Waals surface area contributed by atoms with Crippen LogP contribution in [0.2, 0.25) is 0 Å². The van der Waals surface area contributed by atoms with Crippen LogP contribution in [0.5, 0.6) is 0 Å². The minimum absolute atomic E-state index is 0.0540. The van der Waals surface area contributed by atoms with Crippen molar-refractivity contribution in [3.8, 4) is 0 Å². The molecular formula is C14H21N3O2. The Balaban J connectivity index is 1.85. The predicted octanol–water partition coefficient (Wildman–Crippen LogP) is 1.26. The van der Waals surface area contributed by atoms with Gasteiger partial charge in [0.2, 0.25) is 0 Å². The number of likely N-dealkylation sites (tertiary alicyclic amines) is 1. The number of hydrogen-bond donors (Lipinski definition) is 3. The number of para-hydroxylation sites is 1. The number of carbonyl (C=O) groups excluding carboxylic acids is 1. The SMILES string of the molecule is O=C(Nc1ccccc1)N1CCCC(NCCO)C1. The number of hydrogen-bond acceptors (Lipinski definition) is 3. The zero-order valence-electron chi connectivity index (χ0n) is 11.0. The molecule has 2 rings (SSSR count). The van der Waals surface area contributed by atoms with Gasteiger partial charge in [-0.3, -0.25) is 0 Å². The largest absolute Gasteiger partial charge is 0.395 e. The summed E-state index contributed by atoms with van der Waals surface area (Å²) in [6.45, 7) is 2.19. The number of anilines is 1. The molecule has 1 atom stereocenters. The smallest absolute Gasteiger partial charge is 0.321 e. The minimum Gasteiger partial charge on any atom is -0.395 e. The van der Waals surface area contributed by atoms with E-state index < -0.39 is 0 Å². The maximum atomic E-state index is 12.1. The van der Waals surface area contributed by atoms with Crippen molar-refractivity contribution in [3.05, 3.63) is 30.3 Å². The fourth-order valence-corrected chi connectivity index (χ4v) is 2.32. The van der Waals surface area contributed by atoms with E-state index in [1.54, 1.807) is 0 Å². The third kappa shape index (κ3) is 4.22. The lowest BCUT2D eigenvalue weighted by Crippen LogP contribution is -2.49. The molecule has 3 N–H and O–H groups in total. The summed E-state index contributed by atoms with van der Waals surface area (Å²) in [7, 11) is 0. The average Bonchev–Trinajstić information content (AvgIpc) is 2.46. The molecule has 0 saturated carbocycles. The van der Waals surface area contributed by atoms with Gasteiger partial charge in [-0.25, -0.2) is 4.79 Å². The van der Waals surface area contributed by atoms with Crippen molar-refractivity contribution in [2.45, 2.75) is 18.9 Å². The summed E-state index contributed by atoms with van der Waals surface area (Å²) in [5, 5.41) is 15.0. The molecule has 1 aliphatic heterocycles. The van der Waals surface area contributed by atoms with Crippen LogP contribution >= 0.6 is 0 Å². The Morgan fingerprint density at radius 2 is 2.16 bits per heavy atom. The Kier molecular flexibility index (Phi) is 5.18. The molecule has 0 bridgehead atoms. The first-order valence-corrected chi connectivity index (χ1v) is 6.75. The van der Waals surface area contributed by atoms with Crippen molar-refractivity contribution < 1.29 is 9.90 Å². The van der Waals surface area contributed by atoms with E-state index in [-0.39, 0.29) is 18.7 Å². The molecule has 5 heteroatoms. The van der Waals surface area contributed by atoms with Crippen molar-refractivity contribution in [3.63, 3.8) is 0 Å². The number of urea groups is 1. The van der Waals surface area contributed by atoms with Gasteiger partial charge in [0, 0.05) is 31.4 Å². The number of piperidine rings is 1. The molecule has 0 spiro atoms. The molecule has 1 saturated heterocycles. The molecule has 2 amide bonds. The summed E-state index contributed by atoms with van der Waals surface area (Å²) in [6.07, 6.45) is 2.04. The highest BCUT2D eigenvalue weighted by Gasteiger charge is 2.23. The molecule has 19 heavy (non-hydrogen) atoms. The summed E-state index contributed by atoms with van der Waals surface area (Å²) in [4.78, 5) is 13.9. The predicted molar refractivity (Wildman–Crippen MR) is 75.1 cm³/mol. The molecule has 1 fully saturated rings. The second-order valence-corrected chi connectivity index (χ2v) is 4.76. The van der Waals surface area contributed by atoms with Gasteiger partial charge in [-0.15, -0.1) is 0 Å². The zero-order valence-corrected chi connectivity index (χ0v) is 11.0. The van der Waals surface area contributed by atoms with Crippen LogP contribution in [0.1, 0.15) is 12.8 Å². The summed E-state index contributed by atoms with van der Waals surface area (Å²) in [5.74, 6) is 0. The zero-order chi connectivity index (χ0) is 13.5. The Morgan fingerprint density at radius 1 is 1.37 bits per heavy atom. The molecule has 0 radical (unpaired) electrons. The first kappa shape index (κ1) is 13.8. The van der Waals surface area contributed by atoms with Crippen LogP contribution in [0.25, 0.3) is 0 Å². The number of nitrogens with one attached hydrogen (secondary N) is 2. The number of rotatable bonds is 4. The van der Waals surface area contributed by atoms with E-state index in [2.05, 4.69) is 10.6 Å². The Bertz CT molecular complexity index is 397. The highest BCUT2D eigenvalue weighted by molar-refractivity contribution is 5.89. The number of nitrogens with zero attached hydrogens (tertiary/aromatic N) is 1. The van der Waals surface area contributed by atoms with E-state index in [4.69, 9.17) is 5.11 Å². The van der Waals surface area contributed by atoms with Crippen molar-refractivity contribution >= 4 is 11.7 Å². The first-order valence-electron chi connectivity index (χ1n) is 6.75. The molecule has 0 aliphatic carbocycles. The van der Waals surface area contributed by atoms with Crippen molar-refractivity contribution in [2.24, 2.45) is 0 Å². The maximum Gasteiger partial charge on any atom is 0.321 e. The number of benzene rings is 1. The summed E-state index contributed by atoms with van der Waals surface area (Å²) in [5.41, 5.74) is 0.818. The lowest BCUT2D eigenvalue weighted by Gasteiger charge is -2.33. The highest BCUT2D eigenvalue weighted by atomic mass is 16.3. The Morgan fingerprint density at radius 3 is 2.89 bits per heavy atom. The van der Waals surface area contributed by atoms with Crippen LogP contribution in [0, 0.1) is 0 Å². The van der Waals surface area contributed by atoms with Crippen molar-refractivity contribution in [2.75, 3.05) is 31.6 Å². The number of amides is 2. The van der Waals surface area contributed by atoms with Crippen LogP contribution < -0.4 is 10.6 Å². The van der Waals surface area contributed by atoms with Crippen LogP contribution in [0.4, 0.5) is 10.5 Å². The summed E-state index contributed by atoms with van der Waals surface area (Å²) < 4.78 is 0. The van der Waals surface area contributed by atoms with Gasteiger partial charge >= 0.3 is 6.03 Å². The van der Waals surface area contributed by atoms with Crippen molar-refractivity contribution in [1.29, 1.82) is 0 Å². The van der Waals surface area contributed by atoms with E-state index in [1.807, 2.05) is 35.2 Å². The van der Waals surface area contributed by atoms with Crippen LogP contribution in [0.15, 0.2) is 30.3 Å². The molecule has 1 heterocycles. The fraction of sp³-hybridized carbons (Fsp3) is 0.500. The van der Waals surface area contributed by atoms with Crippen LogP contribution in [0.3, 0.4) is 0 Å². The van der Waals surface area contributed by atoms with Crippen molar-refractivity contribution in [1.82, 2.24) is 10.2 Å². The second kappa shape index (κ2) is 7.11. The van der Waals surface area contributed by atoms with E-state index in [0.717, 1.165) is 25.1 Å². The van der Waals surface area contributed by atoms with Crippen LogP contribution in [-0.2, 0) is 0 Å². The van der Waals surface area contributed by atoms with E-state index in [9.17, 15) is 4.79 Å². The molecule has 1 aromatic carbocycles. The Labute approximate surface area is 113 Å². The highest BCUT2D eigenvalue weighted by Crippen LogP contribution is 2.12. The number of carbonyl (C=O) groups is 1. The number of aliphatic hydroxyl groups excluding tert-OH is 1. The van der Waals surface area contributed by atoms with Gasteiger partial charge in [-0.05, 0) is 25.0 Å². The van der Waals surface area contributed by atoms with E-state index in [1.165, 1.54) is 0 Å². The van der Waals surface area contributed by atoms with Gasteiger partial charge in [0.05, 0.1) is 6.61 Å². The molecule has 1 unspecified atom stereocenters. The Hall–Kier alpha value is -1.59. The fourth-order valence-electron chi connectivity index (χ4n) is 2.32. The van der Waals surface area contributed by atoms with Gasteiger partial charge < -0.3 is 20.6 Å². The van der Waals surface area contributed by atoms with Gasteiger partial charge in [0.1, 0.15) is 0 Å². The molecular weight excluding hydrogens is 242 g/mol. The van der Waals surface area contributed by atoms with Gasteiger partial charge in [0.25, 0.3) is 0 Å². The third-order valence-corrected chi connectivity index (χ3v) is 3.28. The summed E-state index contributed by atoms with van der Waals surface area (Å²) >= 11 is 0. The standard InChI is InChI=1S/C14H21N3O2/c18-10-8-15-13-7-4-9-17(11-13)14(19)16-12-5-2-1-3-6-12/h1-3,5-6,13,15,18H,4,7-11H2,(H,16,19). The lowest BCUT2D eigenvalue weighted by molar-refractivity contribution is 0.182. The number of aliphatic hydroxyl groups is 1. The van der Waals surface area contributed by atoms with E-state index >= 15 is 0 Å².